The molecule has 0 spiro atoms. The summed E-state index contributed by atoms with van der Waals surface area (Å²) in [6, 6.07) is 5.26. The van der Waals surface area contributed by atoms with E-state index in [1.165, 1.54) is 0 Å². The first kappa shape index (κ1) is 12.9. The number of aromatic amines is 1. The van der Waals surface area contributed by atoms with Gasteiger partial charge in [-0.2, -0.15) is 5.10 Å². The van der Waals surface area contributed by atoms with Crippen LogP contribution in [0.3, 0.4) is 0 Å². The van der Waals surface area contributed by atoms with Crippen LogP contribution >= 0.6 is 0 Å². The average Bonchev–Trinajstić information content (AvgIpc) is 2.74. The summed E-state index contributed by atoms with van der Waals surface area (Å²) in [6.45, 7) is 1.87. The normalized spacial score (nSPS) is 10.3. The Hall–Kier alpha value is -2.50. The van der Waals surface area contributed by atoms with Crippen LogP contribution in [0.15, 0.2) is 24.4 Å². The van der Waals surface area contributed by atoms with Gasteiger partial charge in [-0.25, -0.2) is 0 Å². The fourth-order valence-electron chi connectivity index (χ4n) is 1.78. The molecule has 6 heteroatoms. The third-order valence-electron chi connectivity index (χ3n) is 2.81. The number of amides is 1. The molecule has 1 aromatic heterocycles. The van der Waals surface area contributed by atoms with Crippen molar-refractivity contribution in [2.75, 3.05) is 30.0 Å². The Morgan fingerprint density at radius 1 is 1.42 bits per heavy atom. The second-order valence-corrected chi connectivity index (χ2v) is 4.55. The van der Waals surface area contributed by atoms with Gasteiger partial charge in [-0.1, -0.05) is 0 Å². The molecule has 0 aliphatic heterocycles. The lowest BCUT2D eigenvalue weighted by molar-refractivity contribution is 0.102. The minimum atomic E-state index is -0.219. The molecule has 0 saturated carbocycles. The number of nitrogens with zero attached hydrogens (tertiary/aromatic N) is 2. The molecule has 0 saturated heterocycles. The molecule has 19 heavy (non-hydrogen) atoms. The van der Waals surface area contributed by atoms with Gasteiger partial charge in [0, 0.05) is 31.0 Å². The number of H-pyrrole nitrogens is 1. The van der Waals surface area contributed by atoms with Crippen LogP contribution in [-0.4, -0.2) is 30.2 Å². The molecule has 100 valence electrons. The van der Waals surface area contributed by atoms with Crippen LogP contribution in [-0.2, 0) is 0 Å². The van der Waals surface area contributed by atoms with Crippen LogP contribution in [0.4, 0.5) is 17.2 Å². The van der Waals surface area contributed by atoms with Crippen molar-refractivity contribution in [3.63, 3.8) is 0 Å². The van der Waals surface area contributed by atoms with Gasteiger partial charge < -0.3 is 16.0 Å². The highest BCUT2D eigenvalue weighted by Gasteiger charge is 2.15. The number of rotatable bonds is 3. The number of nitrogens with one attached hydrogen (secondary N) is 2. The van der Waals surface area contributed by atoms with Crippen LogP contribution in [0.2, 0.25) is 0 Å². The molecular formula is C13H17N5O. The van der Waals surface area contributed by atoms with Crippen molar-refractivity contribution in [1.29, 1.82) is 0 Å². The Morgan fingerprint density at radius 2 is 2.16 bits per heavy atom. The highest BCUT2D eigenvalue weighted by atomic mass is 16.1. The molecule has 0 fully saturated rings. The maximum atomic E-state index is 12.3. The number of aryl methyl sites for hydroxylation is 1. The van der Waals surface area contributed by atoms with E-state index in [-0.39, 0.29) is 5.91 Å². The number of carbonyl (C=O) groups excluding carboxylic acids is 1. The number of carbonyl (C=O) groups is 1. The quantitative estimate of drug-likeness (QED) is 0.731. The third-order valence-corrected chi connectivity index (χ3v) is 2.81. The van der Waals surface area contributed by atoms with Crippen molar-refractivity contribution in [3.05, 3.63) is 35.5 Å². The zero-order chi connectivity index (χ0) is 14.0. The van der Waals surface area contributed by atoms with E-state index in [1.807, 2.05) is 32.0 Å². The first-order chi connectivity index (χ1) is 8.99. The fourth-order valence-corrected chi connectivity index (χ4v) is 1.78. The van der Waals surface area contributed by atoms with Gasteiger partial charge in [0.15, 0.2) is 0 Å². The zero-order valence-electron chi connectivity index (χ0n) is 11.2. The lowest BCUT2D eigenvalue weighted by Crippen LogP contribution is -2.19. The summed E-state index contributed by atoms with van der Waals surface area (Å²) in [5, 5.41) is 9.40. The van der Waals surface area contributed by atoms with Crippen molar-refractivity contribution in [2.45, 2.75) is 6.92 Å². The molecule has 0 bridgehead atoms. The number of anilines is 3. The first-order valence-electron chi connectivity index (χ1n) is 5.87. The topological polar surface area (TPSA) is 87.0 Å². The van der Waals surface area contributed by atoms with E-state index in [0.717, 1.165) is 11.3 Å². The van der Waals surface area contributed by atoms with Gasteiger partial charge in [-0.15, -0.1) is 0 Å². The summed E-state index contributed by atoms with van der Waals surface area (Å²) < 4.78 is 0. The summed E-state index contributed by atoms with van der Waals surface area (Å²) in [6.07, 6.45) is 1.65. The van der Waals surface area contributed by atoms with Crippen molar-refractivity contribution < 1.29 is 4.79 Å². The first-order valence-corrected chi connectivity index (χ1v) is 5.87. The number of benzene rings is 1. The molecule has 0 aliphatic rings. The van der Waals surface area contributed by atoms with E-state index in [4.69, 9.17) is 5.73 Å². The van der Waals surface area contributed by atoms with Crippen LogP contribution in [0, 0.1) is 6.92 Å². The number of aromatic nitrogens is 2. The number of hydrogen-bond donors (Lipinski definition) is 3. The van der Waals surface area contributed by atoms with E-state index >= 15 is 0 Å². The standard InChI is InChI=1S/C13H17N5O/c1-8-7-15-17-12(8)16-13(19)10-6-9(14)4-5-11(10)18(2)3/h4-7H,14H2,1-3H3,(H2,15,16,17,19). The molecule has 2 rings (SSSR count). The molecule has 1 heterocycles. The predicted octanol–water partition coefficient (Wildman–Crippen LogP) is 1.62. The number of nitrogens with two attached hydrogens (primary N) is 1. The molecule has 4 N–H and O–H groups in total. The molecule has 6 nitrogen and oxygen atoms in total. The highest BCUT2D eigenvalue weighted by Crippen LogP contribution is 2.22. The fraction of sp³-hybridized carbons (Fsp3) is 0.231. The largest absolute Gasteiger partial charge is 0.399 e. The zero-order valence-corrected chi connectivity index (χ0v) is 11.2. The molecule has 0 aliphatic carbocycles. The van der Waals surface area contributed by atoms with Gasteiger partial charge in [-0.05, 0) is 25.1 Å². The van der Waals surface area contributed by atoms with E-state index < -0.39 is 0 Å². The number of nitrogen functional groups attached to an aromatic ring is 1. The van der Waals surface area contributed by atoms with Gasteiger partial charge >= 0.3 is 0 Å². The van der Waals surface area contributed by atoms with E-state index in [2.05, 4.69) is 15.5 Å². The van der Waals surface area contributed by atoms with Gasteiger partial charge in [0.2, 0.25) is 0 Å². The van der Waals surface area contributed by atoms with Crippen molar-refractivity contribution in [3.8, 4) is 0 Å². The minimum Gasteiger partial charge on any atom is -0.399 e. The maximum absolute atomic E-state index is 12.3. The van der Waals surface area contributed by atoms with Crippen molar-refractivity contribution >= 4 is 23.1 Å². The summed E-state index contributed by atoms with van der Waals surface area (Å²) >= 11 is 0. The highest BCUT2D eigenvalue weighted by molar-refractivity contribution is 6.08. The van der Waals surface area contributed by atoms with Gasteiger partial charge in [-0.3, -0.25) is 9.89 Å². The van der Waals surface area contributed by atoms with E-state index in [0.29, 0.717) is 17.1 Å². The summed E-state index contributed by atoms with van der Waals surface area (Å²) in [7, 11) is 3.76. The van der Waals surface area contributed by atoms with Crippen molar-refractivity contribution in [1.82, 2.24) is 10.2 Å². The lowest BCUT2D eigenvalue weighted by atomic mass is 10.1. The SMILES string of the molecule is Cc1cn[nH]c1NC(=O)c1cc(N)ccc1N(C)C. The molecule has 0 unspecified atom stereocenters. The summed E-state index contributed by atoms with van der Waals surface area (Å²) in [4.78, 5) is 14.2. The third kappa shape index (κ3) is 2.67. The van der Waals surface area contributed by atoms with E-state index in [1.54, 1.807) is 18.3 Å². The van der Waals surface area contributed by atoms with Crippen LogP contribution < -0.4 is 16.0 Å². The van der Waals surface area contributed by atoms with Crippen LogP contribution in [0.25, 0.3) is 0 Å². The second-order valence-electron chi connectivity index (χ2n) is 4.55. The predicted molar refractivity (Wildman–Crippen MR) is 76.5 cm³/mol. The Bertz CT molecular complexity index is 603. The van der Waals surface area contributed by atoms with Crippen LogP contribution in [0.1, 0.15) is 15.9 Å². The molecule has 2 aromatic rings. The monoisotopic (exact) mass is 259 g/mol. The molecule has 1 amide bonds. The smallest absolute Gasteiger partial charge is 0.258 e. The maximum Gasteiger partial charge on any atom is 0.258 e. The van der Waals surface area contributed by atoms with Gasteiger partial charge in [0.25, 0.3) is 5.91 Å². The van der Waals surface area contributed by atoms with E-state index in [9.17, 15) is 4.79 Å². The van der Waals surface area contributed by atoms with Crippen molar-refractivity contribution in [2.24, 2.45) is 0 Å². The Balaban J connectivity index is 2.33. The molecule has 0 radical (unpaired) electrons. The number of hydrogen-bond acceptors (Lipinski definition) is 4. The van der Waals surface area contributed by atoms with Crippen LogP contribution in [0.5, 0.6) is 0 Å². The van der Waals surface area contributed by atoms with Gasteiger partial charge in [0.05, 0.1) is 11.8 Å². The molecular weight excluding hydrogens is 242 g/mol. The molecule has 1 aromatic carbocycles. The summed E-state index contributed by atoms with van der Waals surface area (Å²) in [5.74, 6) is 0.375. The lowest BCUT2D eigenvalue weighted by Gasteiger charge is -2.17. The Kier molecular flexibility index (Phi) is 3.41. The summed E-state index contributed by atoms with van der Waals surface area (Å²) in [5.41, 5.74) is 8.52. The Labute approximate surface area is 111 Å². The molecule has 0 atom stereocenters. The minimum absolute atomic E-state index is 0.219. The Morgan fingerprint density at radius 3 is 2.74 bits per heavy atom. The second kappa shape index (κ2) is 5.01. The van der Waals surface area contributed by atoms with Gasteiger partial charge in [0.1, 0.15) is 5.82 Å². The average molecular weight is 259 g/mol.